The first-order chi connectivity index (χ1) is 8.79. The van der Waals surface area contributed by atoms with Gasteiger partial charge in [0.1, 0.15) is 11.2 Å². The van der Waals surface area contributed by atoms with Crippen molar-refractivity contribution in [2.75, 3.05) is 0 Å². The van der Waals surface area contributed by atoms with E-state index in [-0.39, 0.29) is 5.82 Å². The average molecular weight is 255 g/mol. The molecule has 0 aromatic heterocycles. The molecule has 0 N–H and O–H groups in total. The number of halogens is 1. The smallest absolute Gasteiger partial charge is 0.138 e. The maximum Gasteiger partial charge on any atom is 0.138 e. The molecule has 0 aliphatic heterocycles. The number of rotatable bonds is 3. The summed E-state index contributed by atoms with van der Waals surface area (Å²) in [6.07, 6.45) is 3.77. The molecule has 0 fully saturated rings. The third-order valence-electron chi connectivity index (χ3n) is 2.38. The Morgan fingerprint density at radius 2 is 1.72 bits per heavy atom. The number of thioether (sulfide) groups is 1. The lowest BCUT2D eigenvalue weighted by atomic mass is 10.1. The van der Waals surface area contributed by atoms with E-state index >= 15 is 0 Å². The molecule has 0 heterocycles. The lowest BCUT2D eigenvalue weighted by molar-refractivity contribution is 0.602. The van der Waals surface area contributed by atoms with Gasteiger partial charge in [-0.2, -0.15) is 5.26 Å². The number of benzene rings is 2. The predicted octanol–water partition coefficient (Wildman–Crippen LogP) is 4.57. The van der Waals surface area contributed by atoms with Crippen LogP contribution in [0.4, 0.5) is 4.39 Å². The summed E-state index contributed by atoms with van der Waals surface area (Å²) in [6, 6.07) is 14.7. The van der Waals surface area contributed by atoms with Gasteiger partial charge >= 0.3 is 0 Å². The molecule has 0 unspecified atom stereocenters. The van der Waals surface area contributed by atoms with Crippen LogP contribution in [0.5, 0.6) is 0 Å². The van der Waals surface area contributed by atoms with Crippen LogP contribution >= 0.6 is 11.8 Å². The van der Waals surface area contributed by atoms with Gasteiger partial charge in [-0.1, -0.05) is 48.6 Å². The number of thiocyanates is 1. The van der Waals surface area contributed by atoms with E-state index in [2.05, 4.69) is 0 Å². The molecule has 0 saturated heterocycles. The van der Waals surface area contributed by atoms with Gasteiger partial charge in [-0.15, -0.1) is 0 Å². The van der Waals surface area contributed by atoms with Crippen LogP contribution in [0.15, 0.2) is 53.4 Å². The molecule has 0 radical (unpaired) electrons. The normalized spacial score (nSPS) is 10.4. The zero-order valence-corrected chi connectivity index (χ0v) is 10.3. The third kappa shape index (κ3) is 3.22. The molecule has 88 valence electrons. The second kappa shape index (κ2) is 6.04. The summed E-state index contributed by atoms with van der Waals surface area (Å²) in [5, 5.41) is 10.4. The minimum absolute atomic E-state index is 0.356. The number of nitriles is 1. The van der Waals surface area contributed by atoms with Crippen molar-refractivity contribution in [3.8, 4) is 5.40 Å². The molecule has 0 bridgehead atoms. The second-order valence-corrected chi connectivity index (χ2v) is 4.45. The van der Waals surface area contributed by atoms with Gasteiger partial charge in [0.15, 0.2) is 0 Å². The first-order valence-corrected chi connectivity index (χ1v) is 6.20. The van der Waals surface area contributed by atoms with Crippen molar-refractivity contribution in [2.45, 2.75) is 4.90 Å². The van der Waals surface area contributed by atoms with Crippen LogP contribution in [0.25, 0.3) is 12.2 Å². The standard InChI is InChI=1S/C15H10FNS/c16-14-10-13(8-9-15(14)18-11-17)7-6-12-4-2-1-3-5-12/h1-10H. The molecule has 0 atom stereocenters. The number of hydrogen-bond donors (Lipinski definition) is 0. The molecule has 18 heavy (non-hydrogen) atoms. The van der Waals surface area contributed by atoms with Crippen LogP contribution in [0.2, 0.25) is 0 Å². The summed E-state index contributed by atoms with van der Waals surface area (Å²) in [4.78, 5) is 0.356. The van der Waals surface area contributed by atoms with Crippen molar-refractivity contribution in [3.63, 3.8) is 0 Å². The van der Waals surface area contributed by atoms with Gasteiger partial charge in [0, 0.05) is 0 Å². The first kappa shape index (κ1) is 12.4. The van der Waals surface area contributed by atoms with Crippen molar-refractivity contribution >= 4 is 23.9 Å². The van der Waals surface area contributed by atoms with E-state index in [0.717, 1.165) is 22.9 Å². The lowest BCUT2D eigenvalue weighted by Gasteiger charge is -1.99. The molecule has 2 rings (SSSR count). The lowest BCUT2D eigenvalue weighted by Crippen LogP contribution is -1.81. The second-order valence-electron chi connectivity index (χ2n) is 3.63. The Hall–Kier alpha value is -2.05. The van der Waals surface area contributed by atoms with Crippen molar-refractivity contribution in [2.24, 2.45) is 0 Å². The fraction of sp³-hybridized carbons (Fsp3) is 0. The molecule has 0 spiro atoms. The van der Waals surface area contributed by atoms with E-state index < -0.39 is 0 Å². The summed E-state index contributed by atoms with van der Waals surface area (Å²) in [5.74, 6) is -0.364. The SMILES string of the molecule is N#CSc1ccc(C=Cc2ccccc2)cc1F. The highest BCUT2D eigenvalue weighted by Crippen LogP contribution is 2.22. The van der Waals surface area contributed by atoms with Crippen LogP contribution < -0.4 is 0 Å². The molecule has 1 nitrogen and oxygen atoms in total. The monoisotopic (exact) mass is 255 g/mol. The Labute approximate surface area is 110 Å². The van der Waals surface area contributed by atoms with Crippen molar-refractivity contribution in [3.05, 3.63) is 65.5 Å². The molecule has 0 aliphatic carbocycles. The molecule has 0 aliphatic rings. The molecule has 3 heteroatoms. The topological polar surface area (TPSA) is 23.8 Å². The van der Waals surface area contributed by atoms with Crippen LogP contribution in [-0.4, -0.2) is 0 Å². The van der Waals surface area contributed by atoms with Crippen LogP contribution in [0.1, 0.15) is 11.1 Å². The zero-order chi connectivity index (χ0) is 12.8. The van der Waals surface area contributed by atoms with Gasteiger partial charge in [-0.25, -0.2) is 4.39 Å². The van der Waals surface area contributed by atoms with E-state index in [1.807, 2.05) is 47.9 Å². The highest BCUT2D eigenvalue weighted by Gasteiger charge is 2.02. The van der Waals surface area contributed by atoms with Crippen molar-refractivity contribution in [1.82, 2.24) is 0 Å². The maximum absolute atomic E-state index is 13.6. The van der Waals surface area contributed by atoms with Gasteiger partial charge < -0.3 is 0 Å². The summed E-state index contributed by atoms with van der Waals surface area (Å²) in [5.41, 5.74) is 1.84. The fourth-order valence-corrected chi connectivity index (χ4v) is 1.90. The van der Waals surface area contributed by atoms with Gasteiger partial charge in [-0.3, -0.25) is 0 Å². The first-order valence-electron chi connectivity index (χ1n) is 5.38. The fourth-order valence-electron chi connectivity index (χ4n) is 1.51. The largest absolute Gasteiger partial charge is 0.206 e. The summed E-state index contributed by atoms with van der Waals surface area (Å²) >= 11 is 0.832. The van der Waals surface area contributed by atoms with Crippen LogP contribution in [0.3, 0.4) is 0 Å². The zero-order valence-electron chi connectivity index (χ0n) is 9.51. The summed E-state index contributed by atoms with van der Waals surface area (Å²) in [6.45, 7) is 0. The quantitative estimate of drug-likeness (QED) is 0.455. The summed E-state index contributed by atoms with van der Waals surface area (Å²) in [7, 11) is 0. The highest BCUT2D eigenvalue weighted by molar-refractivity contribution is 8.03. The van der Waals surface area contributed by atoms with E-state index in [4.69, 9.17) is 5.26 Å². The minimum atomic E-state index is -0.364. The van der Waals surface area contributed by atoms with Gasteiger partial charge in [-0.05, 0) is 35.0 Å². The highest BCUT2D eigenvalue weighted by atomic mass is 32.2. The number of nitrogens with zero attached hydrogens (tertiary/aromatic N) is 1. The van der Waals surface area contributed by atoms with Gasteiger partial charge in [0.2, 0.25) is 0 Å². The molecule has 2 aromatic carbocycles. The Bertz CT molecular complexity index is 600. The van der Waals surface area contributed by atoms with E-state index in [0.29, 0.717) is 4.90 Å². The summed E-state index contributed by atoms with van der Waals surface area (Å²) < 4.78 is 13.6. The molecule has 0 saturated carbocycles. The van der Waals surface area contributed by atoms with E-state index in [1.165, 1.54) is 6.07 Å². The predicted molar refractivity (Wildman–Crippen MR) is 73.2 cm³/mol. The van der Waals surface area contributed by atoms with Crippen molar-refractivity contribution in [1.29, 1.82) is 5.26 Å². The van der Waals surface area contributed by atoms with E-state index in [1.54, 1.807) is 12.1 Å². The molecular formula is C15H10FNS. The molecule has 2 aromatic rings. The third-order valence-corrected chi connectivity index (χ3v) is 3.02. The number of hydrogen-bond acceptors (Lipinski definition) is 2. The average Bonchev–Trinajstić information content (AvgIpc) is 2.41. The van der Waals surface area contributed by atoms with Crippen LogP contribution in [0, 0.1) is 16.5 Å². The van der Waals surface area contributed by atoms with E-state index in [9.17, 15) is 4.39 Å². The minimum Gasteiger partial charge on any atom is -0.206 e. The Morgan fingerprint density at radius 3 is 2.39 bits per heavy atom. The Balaban J connectivity index is 2.18. The van der Waals surface area contributed by atoms with Gasteiger partial charge in [0.05, 0.1) is 4.90 Å². The van der Waals surface area contributed by atoms with Gasteiger partial charge in [0.25, 0.3) is 0 Å². The Kier molecular flexibility index (Phi) is 4.16. The molecular weight excluding hydrogens is 245 g/mol. The van der Waals surface area contributed by atoms with Crippen LogP contribution in [-0.2, 0) is 0 Å². The maximum atomic E-state index is 13.6. The molecule has 0 amide bonds. The Morgan fingerprint density at radius 1 is 1.00 bits per heavy atom. The van der Waals surface area contributed by atoms with Crippen molar-refractivity contribution < 1.29 is 4.39 Å².